The number of methoxy groups -OCH3 is 1. The molecule has 1 aliphatic rings. The molecule has 0 spiro atoms. The van der Waals surface area contributed by atoms with E-state index >= 15 is 0 Å². The van der Waals surface area contributed by atoms with E-state index in [1.807, 2.05) is 18.2 Å². The average Bonchev–Trinajstić information content (AvgIpc) is 2.68. The Bertz CT molecular complexity index is 390. The molecule has 19 heavy (non-hydrogen) atoms. The maximum absolute atomic E-state index is 6.10. The zero-order valence-electron chi connectivity index (χ0n) is 11.6. The normalized spacial score (nSPS) is 16.9. The minimum Gasteiger partial charge on any atom is -0.495 e. The molecule has 0 unspecified atom stereocenters. The van der Waals surface area contributed by atoms with Gasteiger partial charge in [-0.1, -0.05) is 24.4 Å². The zero-order chi connectivity index (χ0) is 13.5. The lowest BCUT2D eigenvalue weighted by atomic mass is 10.2. The SMILES string of the molecule is COc1ccc(NCCN2CCCCCC2)cc1Cl. The quantitative estimate of drug-likeness (QED) is 0.892. The van der Waals surface area contributed by atoms with Crippen molar-refractivity contribution in [2.75, 3.05) is 38.6 Å². The van der Waals surface area contributed by atoms with Crippen molar-refractivity contribution in [2.24, 2.45) is 0 Å². The second-order valence-corrected chi connectivity index (χ2v) is 5.44. The van der Waals surface area contributed by atoms with Crippen LogP contribution in [0.1, 0.15) is 25.7 Å². The van der Waals surface area contributed by atoms with E-state index in [1.165, 1.54) is 38.8 Å². The van der Waals surface area contributed by atoms with Gasteiger partial charge in [0, 0.05) is 18.8 Å². The van der Waals surface area contributed by atoms with Gasteiger partial charge in [-0.25, -0.2) is 0 Å². The lowest BCUT2D eigenvalue weighted by Gasteiger charge is -2.20. The van der Waals surface area contributed by atoms with Crippen LogP contribution in [0.4, 0.5) is 5.69 Å². The van der Waals surface area contributed by atoms with Gasteiger partial charge in [-0.15, -0.1) is 0 Å². The van der Waals surface area contributed by atoms with E-state index in [1.54, 1.807) is 7.11 Å². The molecule has 1 aliphatic heterocycles. The fourth-order valence-corrected chi connectivity index (χ4v) is 2.75. The molecule has 106 valence electrons. The molecule has 1 aromatic rings. The maximum atomic E-state index is 6.10. The summed E-state index contributed by atoms with van der Waals surface area (Å²) in [5, 5.41) is 4.08. The lowest BCUT2D eigenvalue weighted by Crippen LogP contribution is -2.29. The topological polar surface area (TPSA) is 24.5 Å². The Morgan fingerprint density at radius 3 is 2.58 bits per heavy atom. The number of hydrogen-bond acceptors (Lipinski definition) is 3. The summed E-state index contributed by atoms with van der Waals surface area (Å²) in [7, 11) is 1.63. The Kier molecular flexibility index (Phi) is 5.80. The molecule has 0 radical (unpaired) electrons. The molecule has 0 saturated carbocycles. The summed E-state index contributed by atoms with van der Waals surface area (Å²) in [6, 6.07) is 5.83. The van der Waals surface area contributed by atoms with Crippen LogP contribution in [0, 0.1) is 0 Å². The van der Waals surface area contributed by atoms with Gasteiger partial charge >= 0.3 is 0 Å². The third-order valence-corrected chi connectivity index (χ3v) is 3.90. The van der Waals surface area contributed by atoms with Crippen LogP contribution in [0.2, 0.25) is 5.02 Å². The maximum Gasteiger partial charge on any atom is 0.137 e. The molecule has 1 saturated heterocycles. The van der Waals surface area contributed by atoms with E-state index < -0.39 is 0 Å². The Hall–Kier alpha value is -0.930. The van der Waals surface area contributed by atoms with E-state index in [4.69, 9.17) is 16.3 Å². The van der Waals surface area contributed by atoms with Gasteiger partial charge in [0.1, 0.15) is 5.75 Å². The van der Waals surface area contributed by atoms with Gasteiger partial charge < -0.3 is 15.0 Å². The molecule has 1 fully saturated rings. The summed E-state index contributed by atoms with van der Waals surface area (Å²) in [5.74, 6) is 0.722. The molecule has 0 amide bonds. The van der Waals surface area contributed by atoms with E-state index in [-0.39, 0.29) is 0 Å². The lowest BCUT2D eigenvalue weighted by molar-refractivity contribution is 0.296. The van der Waals surface area contributed by atoms with E-state index in [9.17, 15) is 0 Å². The summed E-state index contributed by atoms with van der Waals surface area (Å²) < 4.78 is 5.15. The molecule has 0 aliphatic carbocycles. The van der Waals surface area contributed by atoms with Crippen molar-refractivity contribution in [1.29, 1.82) is 0 Å². The number of halogens is 1. The highest BCUT2D eigenvalue weighted by Crippen LogP contribution is 2.27. The van der Waals surface area contributed by atoms with Crippen molar-refractivity contribution in [1.82, 2.24) is 4.90 Å². The number of rotatable bonds is 5. The van der Waals surface area contributed by atoms with E-state index in [0.29, 0.717) is 5.02 Å². The largest absolute Gasteiger partial charge is 0.495 e. The van der Waals surface area contributed by atoms with Crippen molar-refractivity contribution >= 4 is 17.3 Å². The van der Waals surface area contributed by atoms with Gasteiger partial charge in [0.25, 0.3) is 0 Å². The fraction of sp³-hybridized carbons (Fsp3) is 0.600. The van der Waals surface area contributed by atoms with Crippen LogP contribution in [0.5, 0.6) is 5.75 Å². The minimum atomic E-state index is 0.655. The predicted molar refractivity (Wildman–Crippen MR) is 81.4 cm³/mol. The fourth-order valence-electron chi connectivity index (χ4n) is 2.49. The third-order valence-electron chi connectivity index (χ3n) is 3.61. The van der Waals surface area contributed by atoms with Crippen LogP contribution < -0.4 is 10.1 Å². The Balaban J connectivity index is 1.77. The number of benzene rings is 1. The van der Waals surface area contributed by atoms with Crippen molar-refractivity contribution in [2.45, 2.75) is 25.7 Å². The number of anilines is 1. The predicted octanol–water partition coefficient (Wildman–Crippen LogP) is 3.64. The first kappa shape index (κ1) is 14.5. The summed E-state index contributed by atoms with van der Waals surface area (Å²) in [6.07, 6.45) is 5.46. The van der Waals surface area contributed by atoms with Gasteiger partial charge in [0.05, 0.1) is 12.1 Å². The van der Waals surface area contributed by atoms with Crippen molar-refractivity contribution < 1.29 is 4.74 Å². The highest BCUT2D eigenvalue weighted by atomic mass is 35.5. The second-order valence-electron chi connectivity index (χ2n) is 5.03. The standard InChI is InChI=1S/C15H23ClN2O/c1-19-15-7-6-13(12-14(15)16)17-8-11-18-9-4-2-3-5-10-18/h6-7,12,17H,2-5,8-11H2,1H3. The summed E-state index contributed by atoms with van der Waals surface area (Å²) >= 11 is 6.10. The van der Waals surface area contributed by atoms with E-state index in [2.05, 4.69) is 10.2 Å². The molecule has 0 atom stereocenters. The highest BCUT2D eigenvalue weighted by molar-refractivity contribution is 6.32. The number of likely N-dealkylation sites (tertiary alicyclic amines) is 1. The summed E-state index contributed by atoms with van der Waals surface area (Å²) in [6.45, 7) is 4.54. The van der Waals surface area contributed by atoms with Crippen molar-refractivity contribution in [3.63, 3.8) is 0 Å². The van der Waals surface area contributed by atoms with Crippen LogP contribution in [0.15, 0.2) is 18.2 Å². The summed E-state index contributed by atoms with van der Waals surface area (Å²) in [4.78, 5) is 2.55. The molecule has 4 heteroatoms. The van der Waals surface area contributed by atoms with Crippen LogP contribution in [-0.2, 0) is 0 Å². The average molecular weight is 283 g/mol. The van der Waals surface area contributed by atoms with E-state index in [0.717, 1.165) is 24.5 Å². The molecular formula is C15H23ClN2O. The third kappa shape index (κ3) is 4.59. The van der Waals surface area contributed by atoms with Crippen LogP contribution >= 0.6 is 11.6 Å². The monoisotopic (exact) mass is 282 g/mol. The molecule has 0 bridgehead atoms. The molecule has 3 nitrogen and oxygen atoms in total. The Morgan fingerprint density at radius 2 is 1.95 bits per heavy atom. The smallest absolute Gasteiger partial charge is 0.137 e. The van der Waals surface area contributed by atoms with Crippen molar-refractivity contribution in [3.05, 3.63) is 23.2 Å². The Labute approximate surface area is 120 Å². The van der Waals surface area contributed by atoms with Gasteiger partial charge in [-0.3, -0.25) is 0 Å². The molecular weight excluding hydrogens is 260 g/mol. The zero-order valence-corrected chi connectivity index (χ0v) is 12.4. The van der Waals surface area contributed by atoms with Gasteiger partial charge in [-0.2, -0.15) is 0 Å². The highest BCUT2D eigenvalue weighted by Gasteiger charge is 2.08. The van der Waals surface area contributed by atoms with Crippen LogP contribution in [0.25, 0.3) is 0 Å². The molecule has 1 N–H and O–H groups in total. The van der Waals surface area contributed by atoms with Crippen LogP contribution in [-0.4, -0.2) is 38.2 Å². The van der Waals surface area contributed by atoms with Crippen LogP contribution in [0.3, 0.4) is 0 Å². The van der Waals surface area contributed by atoms with Gasteiger partial charge in [-0.05, 0) is 44.1 Å². The molecule has 0 aromatic heterocycles. The number of hydrogen-bond donors (Lipinski definition) is 1. The minimum absolute atomic E-state index is 0.655. The number of nitrogens with zero attached hydrogens (tertiary/aromatic N) is 1. The first-order chi connectivity index (χ1) is 9.29. The molecule has 1 heterocycles. The van der Waals surface area contributed by atoms with Gasteiger partial charge in [0.2, 0.25) is 0 Å². The first-order valence-electron chi connectivity index (χ1n) is 7.09. The first-order valence-corrected chi connectivity index (χ1v) is 7.47. The van der Waals surface area contributed by atoms with Crippen molar-refractivity contribution in [3.8, 4) is 5.75 Å². The van der Waals surface area contributed by atoms with Gasteiger partial charge in [0.15, 0.2) is 0 Å². The second kappa shape index (κ2) is 7.61. The number of nitrogens with one attached hydrogen (secondary N) is 1. The number of ether oxygens (including phenoxy) is 1. The Morgan fingerprint density at radius 1 is 1.21 bits per heavy atom. The molecule has 1 aromatic carbocycles. The summed E-state index contributed by atoms with van der Waals surface area (Å²) in [5.41, 5.74) is 1.06. The molecule has 2 rings (SSSR count).